The van der Waals surface area contributed by atoms with Crippen LogP contribution < -0.4 is 31.7 Å². The Hall–Kier alpha value is -6.65. The van der Waals surface area contributed by atoms with Gasteiger partial charge in [-0.15, -0.1) is 0 Å². The van der Waals surface area contributed by atoms with Crippen molar-refractivity contribution >= 4 is 91.5 Å². The van der Waals surface area contributed by atoms with Gasteiger partial charge >= 0.3 is 13.7 Å². The molecule has 0 aliphatic carbocycles. The molecular weight excluding hydrogens is 726 g/mol. The van der Waals surface area contributed by atoms with Crippen LogP contribution in [0.2, 0.25) is 0 Å². The maximum absolute atomic E-state index is 2.64. The molecule has 0 N–H and O–H groups in total. The molecule has 0 spiro atoms. The molecule has 0 saturated heterocycles. The normalized spacial score (nSPS) is 14.4. The number of para-hydroxylation sites is 4. The minimum Gasteiger partial charge on any atom is -0.382 e. The molecular formula is C54H44B2N4. The van der Waals surface area contributed by atoms with E-state index in [1.54, 1.807) is 0 Å². The van der Waals surface area contributed by atoms with Gasteiger partial charge in [0, 0.05) is 44.9 Å². The fourth-order valence-corrected chi connectivity index (χ4v) is 11.3. The molecule has 13 rings (SSSR count). The summed E-state index contributed by atoms with van der Waals surface area (Å²) < 4.78 is 5.19. The number of aromatic nitrogens is 2. The molecule has 4 aliphatic rings. The molecule has 0 radical (unpaired) electrons. The van der Waals surface area contributed by atoms with Gasteiger partial charge in [-0.3, -0.25) is 0 Å². The lowest BCUT2D eigenvalue weighted by Gasteiger charge is -2.48. The molecule has 6 heterocycles. The fraction of sp³-hybridized carbons (Fsp3) is 0.148. The van der Waals surface area contributed by atoms with E-state index in [-0.39, 0.29) is 24.5 Å². The van der Waals surface area contributed by atoms with Crippen molar-refractivity contribution < 1.29 is 0 Å². The molecule has 0 bridgehead atoms. The van der Waals surface area contributed by atoms with Crippen molar-refractivity contribution in [2.45, 2.75) is 52.4 Å². The van der Waals surface area contributed by atoms with Gasteiger partial charge in [0.25, 0.3) is 0 Å². The number of anilines is 6. The van der Waals surface area contributed by atoms with Crippen LogP contribution in [0.1, 0.15) is 52.7 Å². The average Bonchev–Trinajstić information content (AvgIpc) is 3.89. The average molecular weight is 771 g/mol. The van der Waals surface area contributed by atoms with Crippen molar-refractivity contribution in [3.05, 3.63) is 169 Å². The zero-order valence-corrected chi connectivity index (χ0v) is 35.0. The highest BCUT2D eigenvalue weighted by atomic mass is 15.2. The SMILES string of the molecule is CC(C)(C)c1ccc2c(c1)N(c1ccccc1)c1c3c(c4c5c1N(c1ccccc1)c1cc(C(C)(C)C)ccc1B5n1ccc5cccc-4c51)-c1cccc4ccn(c14)B23. The Morgan fingerprint density at radius 3 is 1.23 bits per heavy atom. The molecule has 4 aliphatic heterocycles. The third kappa shape index (κ3) is 4.33. The number of hydrogen-bond acceptors (Lipinski definition) is 2. The van der Waals surface area contributed by atoms with E-state index in [1.165, 1.54) is 99.8 Å². The van der Waals surface area contributed by atoms with Crippen LogP contribution in [-0.2, 0) is 10.8 Å². The highest BCUT2D eigenvalue weighted by Crippen LogP contribution is 2.55. The summed E-state index contributed by atoms with van der Waals surface area (Å²) in [4.78, 5) is 5.28. The Morgan fingerprint density at radius 1 is 0.417 bits per heavy atom. The molecule has 0 saturated carbocycles. The molecule has 0 unspecified atom stereocenters. The highest BCUT2D eigenvalue weighted by Gasteiger charge is 2.51. The maximum atomic E-state index is 2.64. The lowest BCUT2D eigenvalue weighted by Crippen LogP contribution is -2.62. The predicted molar refractivity (Wildman–Crippen MR) is 256 cm³/mol. The molecule has 0 atom stereocenters. The lowest BCUT2D eigenvalue weighted by molar-refractivity contribution is 0.590. The minimum atomic E-state index is -0.0424. The predicted octanol–water partition coefficient (Wildman–Crippen LogP) is 11.0. The topological polar surface area (TPSA) is 16.3 Å². The third-order valence-corrected chi connectivity index (χ3v) is 14.0. The molecule has 60 heavy (non-hydrogen) atoms. The van der Waals surface area contributed by atoms with E-state index in [2.05, 4.69) is 218 Å². The number of rotatable bonds is 2. The fourth-order valence-electron chi connectivity index (χ4n) is 11.3. The molecule has 6 heteroatoms. The van der Waals surface area contributed by atoms with E-state index in [9.17, 15) is 0 Å². The molecule has 2 aromatic heterocycles. The van der Waals surface area contributed by atoms with Crippen molar-refractivity contribution in [3.8, 4) is 22.3 Å². The van der Waals surface area contributed by atoms with Crippen molar-refractivity contribution in [2.75, 3.05) is 9.80 Å². The summed E-state index contributed by atoms with van der Waals surface area (Å²) in [6.07, 6.45) is 4.70. The van der Waals surface area contributed by atoms with Gasteiger partial charge in [0.05, 0.1) is 11.4 Å². The van der Waals surface area contributed by atoms with Gasteiger partial charge in [0.1, 0.15) is 0 Å². The van der Waals surface area contributed by atoms with E-state index < -0.39 is 0 Å². The summed E-state index contributed by atoms with van der Waals surface area (Å²) in [5.41, 5.74) is 23.3. The summed E-state index contributed by atoms with van der Waals surface area (Å²) in [5.74, 6) is 0. The summed E-state index contributed by atoms with van der Waals surface area (Å²) in [5, 5.41) is 2.56. The van der Waals surface area contributed by atoms with Crippen molar-refractivity contribution in [2.24, 2.45) is 0 Å². The first-order chi connectivity index (χ1) is 29.1. The first-order valence-corrected chi connectivity index (χ1v) is 21.5. The van der Waals surface area contributed by atoms with E-state index >= 15 is 0 Å². The summed E-state index contributed by atoms with van der Waals surface area (Å²) >= 11 is 0. The Balaban J connectivity index is 1.30. The summed E-state index contributed by atoms with van der Waals surface area (Å²) in [7, 11) is 0. The maximum Gasteiger partial charge on any atom is 0.332 e. The number of hydrogen-bond donors (Lipinski definition) is 0. The van der Waals surface area contributed by atoms with Gasteiger partial charge in [0.2, 0.25) is 0 Å². The molecule has 7 aromatic carbocycles. The first kappa shape index (κ1) is 34.2. The lowest BCUT2D eigenvalue weighted by atomic mass is 9.40. The monoisotopic (exact) mass is 770 g/mol. The molecule has 4 nitrogen and oxygen atoms in total. The Kier molecular flexibility index (Phi) is 6.59. The van der Waals surface area contributed by atoms with Gasteiger partial charge in [-0.2, -0.15) is 0 Å². The smallest absolute Gasteiger partial charge is 0.332 e. The summed E-state index contributed by atoms with van der Waals surface area (Å²) in [6.45, 7) is 13.9. The second-order valence-corrected chi connectivity index (χ2v) is 19.4. The van der Waals surface area contributed by atoms with Crippen LogP contribution in [0.5, 0.6) is 0 Å². The molecule has 9 aromatic rings. The zero-order chi connectivity index (χ0) is 40.4. The van der Waals surface area contributed by atoms with Crippen LogP contribution in [0.15, 0.2) is 158 Å². The van der Waals surface area contributed by atoms with E-state index in [4.69, 9.17) is 0 Å². The van der Waals surface area contributed by atoms with Crippen molar-refractivity contribution in [1.29, 1.82) is 0 Å². The third-order valence-electron chi connectivity index (χ3n) is 14.0. The van der Waals surface area contributed by atoms with Crippen LogP contribution in [0.3, 0.4) is 0 Å². The van der Waals surface area contributed by atoms with E-state index in [0.29, 0.717) is 0 Å². The van der Waals surface area contributed by atoms with Crippen molar-refractivity contribution in [3.63, 3.8) is 0 Å². The quantitative estimate of drug-likeness (QED) is 0.163. The Morgan fingerprint density at radius 2 is 0.833 bits per heavy atom. The van der Waals surface area contributed by atoms with Crippen LogP contribution in [0, 0.1) is 0 Å². The van der Waals surface area contributed by atoms with Crippen LogP contribution >= 0.6 is 0 Å². The number of benzene rings is 7. The van der Waals surface area contributed by atoms with E-state index in [1.807, 2.05) is 0 Å². The second-order valence-electron chi connectivity index (χ2n) is 19.4. The number of nitrogens with zero attached hydrogens (tertiary/aromatic N) is 4. The highest BCUT2D eigenvalue weighted by molar-refractivity contribution is 6.93. The largest absolute Gasteiger partial charge is 0.382 e. The Bertz CT molecular complexity index is 3090. The van der Waals surface area contributed by atoms with Crippen molar-refractivity contribution in [1.82, 2.24) is 8.96 Å². The second kappa shape index (κ2) is 11.5. The van der Waals surface area contributed by atoms with Gasteiger partial charge in [0.15, 0.2) is 0 Å². The van der Waals surface area contributed by atoms with Gasteiger partial charge in [-0.1, -0.05) is 139 Å². The Labute approximate surface area is 352 Å². The minimum absolute atomic E-state index is 0.0419. The van der Waals surface area contributed by atoms with E-state index in [0.717, 1.165) is 11.4 Å². The molecule has 286 valence electrons. The molecule has 0 amide bonds. The van der Waals surface area contributed by atoms with Crippen LogP contribution in [-0.4, -0.2) is 22.7 Å². The van der Waals surface area contributed by atoms with Gasteiger partial charge in [-0.25, -0.2) is 0 Å². The number of fused-ring (bicyclic) bond motifs is 10. The molecule has 0 fully saturated rings. The van der Waals surface area contributed by atoms with Crippen LogP contribution in [0.25, 0.3) is 44.1 Å². The zero-order valence-electron chi connectivity index (χ0n) is 35.0. The van der Waals surface area contributed by atoms with Gasteiger partial charge < -0.3 is 18.8 Å². The standard InChI is InChI=1S/C54H44B2N4/c1-53(2,3)35-23-25-41-43(31-35)59(37-17-9-7-10-18-37)51-47-45(39-21-13-15-33-27-29-57(49(33)39)55(41)47)46-40-22-14-16-34-28-30-58(50(34)40)56-42-26-24-36(54(4,5)6)32-44(42)60(52(51)48(46)56)38-19-11-8-12-20-38/h7-32H,1-6H3. The van der Waals surface area contributed by atoms with Gasteiger partial charge in [-0.05, 0) is 127 Å². The first-order valence-electron chi connectivity index (χ1n) is 21.5. The van der Waals surface area contributed by atoms with Crippen LogP contribution in [0.4, 0.5) is 34.1 Å². The summed E-state index contributed by atoms with van der Waals surface area (Å²) in [6, 6.07) is 55.6.